The zero-order valence-electron chi connectivity index (χ0n) is 10.6. The molecule has 1 aromatic heterocycles. The number of hydrogen-bond donors (Lipinski definition) is 1. The molecule has 108 valence electrons. The standard InChI is InChI=1S/C12H11Br2NO3S2/c1-7-5-11(19-12(7)14)20(16,17)15-10-6-8(18-2)3-4-9(10)13/h3-6,15H,1-2H3. The van der Waals surface area contributed by atoms with Gasteiger partial charge in [-0.2, -0.15) is 0 Å². The van der Waals surface area contributed by atoms with Crippen molar-refractivity contribution in [2.24, 2.45) is 0 Å². The third-order valence-electron chi connectivity index (χ3n) is 2.52. The molecule has 0 aliphatic rings. The molecule has 0 radical (unpaired) electrons. The van der Waals surface area contributed by atoms with Crippen molar-refractivity contribution >= 4 is 58.9 Å². The van der Waals surface area contributed by atoms with Crippen LogP contribution in [-0.4, -0.2) is 15.5 Å². The normalized spacial score (nSPS) is 11.4. The van der Waals surface area contributed by atoms with Gasteiger partial charge in [-0.25, -0.2) is 8.42 Å². The van der Waals surface area contributed by atoms with Gasteiger partial charge in [-0.05, 0) is 62.5 Å². The summed E-state index contributed by atoms with van der Waals surface area (Å²) in [5, 5.41) is 0. The summed E-state index contributed by atoms with van der Waals surface area (Å²) in [4.78, 5) is 0. The van der Waals surface area contributed by atoms with E-state index in [1.165, 1.54) is 18.4 Å². The summed E-state index contributed by atoms with van der Waals surface area (Å²) >= 11 is 7.82. The molecule has 0 aliphatic heterocycles. The fourth-order valence-corrected chi connectivity index (χ4v) is 5.24. The van der Waals surface area contributed by atoms with Gasteiger partial charge >= 0.3 is 0 Å². The third-order valence-corrected chi connectivity index (χ3v) is 7.18. The van der Waals surface area contributed by atoms with Crippen molar-refractivity contribution in [1.82, 2.24) is 0 Å². The lowest BCUT2D eigenvalue weighted by atomic mass is 10.3. The number of anilines is 1. The summed E-state index contributed by atoms with van der Waals surface area (Å²) in [6.07, 6.45) is 0. The molecule has 1 heterocycles. The monoisotopic (exact) mass is 439 g/mol. The van der Waals surface area contributed by atoms with Crippen LogP contribution in [0.4, 0.5) is 5.69 Å². The number of ether oxygens (including phenoxy) is 1. The molecule has 0 bridgehead atoms. The van der Waals surface area contributed by atoms with Gasteiger partial charge in [-0.1, -0.05) is 0 Å². The molecule has 0 aliphatic carbocycles. The van der Waals surface area contributed by atoms with Crippen LogP contribution in [0.1, 0.15) is 5.56 Å². The van der Waals surface area contributed by atoms with E-state index < -0.39 is 10.0 Å². The second-order valence-corrected chi connectivity index (χ2v) is 9.11. The zero-order chi connectivity index (χ0) is 14.9. The number of sulfonamides is 1. The van der Waals surface area contributed by atoms with Crippen molar-refractivity contribution in [2.75, 3.05) is 11.8 Å². The van der Waals surface area contributed by atoms with E-state index >= 15 is 0 Å². The highest BCUT2D eigenvalue weighted by Gasteiger charge is 2.19. The van der Waals surface area contributed by atoms with Crippen molar-refractivity contribution in [3.8, 4) is 5.75 Å². The quantitative estimate of drug-likeness (QED) is 0.766. The molecule has 0 fully saturated rings. The van der Waals surface area contributed by atoms with E-state index in [-0.39, 0.29) is 4.21 Å². The summed E-state index contributed by atoms with van der Waals surface area (Å²) in [6, 6.07) is 6.72. The Morgan fingerprint density at radius 2 is 1.95 bits per heavy atom. The van der Waals surface area contributed by atoms with Crippen molar-refractivity contribution in [1.29, 1.82) is 0 Å². The number of thiophene rings is 1. The van der Waals surface area contributed by atoms with Crippen LogP contribution in [0.15, 0.2) is 36.7 Å². The molecule has 2 aromatic rings. The minimum atomic E-state index is -3.61. The van der Waals surface area contributed by atoms with Crippen molar-refractivity contribution in [3.05, 3.63) is 38.1 Å². The fourth-order valence-electron chi connectivity index (χ4n) is 1.47. The van der Waals surface area contributed by atoms with Crippen molar-refractivity contribution < 1.29 is 13.2 Å². The maximum Gasteiger partial charge on any atom is 0.271 e. The first kappa shape index (κ1) is 15.8. The van der Waals surface area contributed by atoms with Gasteiger partial charge < -0.3 is 4.74 Å². The van der Waals surface area contributed by atoms with Crippen LogP contribution in [0.3, 0.4) is 0 Å². The van der Waals surface area contributed by atoms with E-state index in [4.69, 9.17) is 4.74 Å². The van der Waals surface area contributed by atoms with E-state index in [2.05, 4.69) is 36.6 Å². The van der Waals surface area contributed by atoms with Crippen LogP contribution < -0.4 is 9.46 Å². The van der Waals surface area contributed by atoms with Crippen LogP contribution in [-0.2, 0) is 10.0 Å². The average molecular weight is 441 g/mol. The van der Waals surface area contributed by atoms with E-state index in [1.807, 2.05) is 6.92 Å². The minimum absolute atomic E-state index is 0.261. The lowest BCUT2D eigenvalue weighted by molar-refractivity contribution is 0.415. The Balaban J connectivity index is 2.37. The summed E-state index contributed by atoms with van der Waals surface area (Å²) in [7, 11) is -2.08. The van der Waals surface area contributed by atoms with Crippen LogP contribution in [0.2, 0.25) is 0 Å². The summed E-state index contributed by atoms with van der Waals surface area (Å²) in [6.45, 7) is 1.85. The number of nitrogens with one attached hydrogen (secondary N) is 1. The molecular weight excluding hydrogens is 430 g/mol. The second kappa shape index (κ2) is 6.05. The average Bonchev–Trinajstić information content (AvgIpc) is 2.73. The predicted molar refractivity (Wildman–Crippen MR) is 88.3 cm³/mol. The highest BCUT2D eigenvalue weighted by Crippen LogP contribution is 2.33. The Labute approximate surface area is 138 Å². The molecule has 0 saturated carbocycles. The van der Waals surface area contributed by atoms with E-state index in [0.717, 1.165) is 9.35 Å². The first-order chi connectivity index (χ1) is 9.33. The van der Waals surface area contributed by atoms with Crippen molar-refractivity contribution in [2.45, 2.75) is 11.1 Å². The fraction of sp³-hybridized carbons (Fsp3) is 0.167. The maximum atomic E-state index is 12.3. The highest BCUT2D eigenvalue weighted by molar-refractivity contribution is 9.11. The first-order valence-corrected chi connectivity index (χ1v) is 9.34. The van der Waals surface area contributed by atoms with Gasteiger partial charge in [0.15, 0.2) is 0 Å². The summed E-state index contributed by atoms with van der Waals surface area (Å²) < 4.78 is 34.0. The molecule has 4 nitrogen and oxygen atoms in total. The molecule has 20 heavy (non-hydrogen) atoms. The van der Waals surface area contributed by atoms with E-state index in [1.54, 1.807) is 24.3 Å². The Morgan fingerprint density at radius 1 is 1.25 bits per heavy atom. The number of rotatable bonds is 4. The molecule has 1 N–H and O–H groups in total. The molecule has 0 saturated heterocycles. The topological polar surface area (TPSA) is 55.4 Å². The maximum absolute atomic E-state index is 12.3. The highest BCUT2D eigenvalue weighted by atomic mass is 79.9. The number of halogens is 2. The molecule has 0 spiro atoms. The van der Waals surface area contributed by atoms with Crippen LogP contribution in [0, 0.1) is 6.92 Å². The summed E-state index contributed by atoms with van der Waals surface area (Å²) in [5.41, 5.74) is 1.33. The Kier molecular flexibility index (Phi) is 4.78. The van der Waals surface area contributed by atoms with Gasteiger partial charge in [0, 0.05) is 10.5 Å². The molecule has 1 aromatic carbocycles. The Morgan fingerprint density at radius 3 is 2.50 bits per heavy atom. The van der Waals surface area contributed by atoms with Gasteiger partial charge in [-0.3, -0.25) is 4.72 Å². The largest absolute Gasteiger partial charge is 0.497 e. The second-order valence-electron chi connectivity index (χ2n) is 3.97. The van der Waals surface area contributed by atoms with Crippen molar-refractivity contribution in [3.63, 3.8) is 0 Å². The number of aryl methyl sites for hydroxylation is 1. The lowest BCUT2D eigenvalue weighted by Crippen LogP contribution is -2.12. The first-order valence-electron chi connectivity index (χ1n) is 5.46. The van der Waals surface area contributed by atoms with Gasteiger partial charge in [0.2, 0.25) is 0 Å². The zero-order valence-corrected chi connectivity index (χ0v) is 15.4. The number of methoxy groups -OCH3 is 1. The summed E-state index contributed by atoms with van der Waals surface area (Å²) in [5.74, 6) is 0.578. The molecular formula is C12H11Br2NO3S2. The van der Waals surface area contributed by atoms with Crippen LogP contribution >= 0.6 is 43.2 Å². The number of hydrogen-bond acceptors (Lipinski definition) is 4. The smallest absolute Gasteiger partial charge is 0.271 e. The molecule has 0 unspecified atom stereocenters. The molecule has 0 atom stereocenters. The SMILES string of the molecule is COc1ccc(Br)c(NS(=O)(=O)c2cc(C)c(Br)s2)c1. The third kappa shape index (κ3) is 3.36. The predicted octanol–water partition coefficient (Wildman–Crippen LogP) is 4.39. The van der Waals surface area contributed by atoms with Crippen LogP contribution in [0.25, 0.3) is 0 Å². The van der Waals surface area contributed by atoms with E-state index in [0.29, 0.717) is 15.9 Å². The van der Waals surface area contributed by atoms with E-state index in [9.17, 15) is 8.42 Å². The molecule has 8 heteroatoms. The molecule has 0 amide bonds. The van der Waals surface area contributed by atoms with Crippen LogP contribution in [0.5, 0.6) is 5.75 Å². The minimum Gasteiger partial charge on any atom is -0.497 e. The molecule has 2 rings (SSSR count). The van der Waals surface area contributed by atoms with Gasteiger partial charge in [0.05, 0.1) is 16.6 Å². The Bertz CT molecular complexity index is 722. The van der Waals surface area contributed by atoms with Gasteiger partial charge in [-0.15, -0.1) is 11.3 Å². The number of benzene rings is 1. The lowest BCUT2D eigenvalue weighted by Gasteiger charge is -2.09. The van der Waals surface area contributed by atoms with Gasteiger partial charge in [0.1, 0.15) is 9.96 Å². The van der Waals surface area contributed by atoms with Gasteiger partial charge in [0.25, 0.3) is 10.0 Å². The Hall–Kier alpha value is -0.570.